The third-order valence-electron chi connectivity index (χ3n) is 4.16. The molecule has 0 radical (unpaired) electrons. The molecule has 0 atom stereocenters. The molecule has 122 valence electrons. The highest BCUT2D eigenvalue weighted by atomic mass is 19.1. The van der Waals surface area contributed by atoms with Gasteiger partial charge >= 0.3 is 0 Å². The number of imidazole rings is 1. The predicted octanol–water partition coefficient (Wildman–Crippen LogP) is 5.39. The first-order valence-corrected chi connectivity index (χ1v) is 8.22. The van der Waals surface area contributed by atoms with Crippen LogP contribution in [-0.2, 0) is 6.54 Å². The third kappa shape index (κ3) is 3.36. The van der Waals surface area contributed by atoms with Crippen molar-refractivity contribution in [2.45, 2.75) is 6.54 Å². The molecule has 2 nitrogen and oxygen atoms in total. The van der Waals surface area contributed by atoms with Gasteiger partial charge < -0.3 is 4.57 Å². The summed E-state index contributed by atoms with van der Waals surface area (Å²) in [5.41, 5.74) is 4.24. The Balaban J connectivity index is 1.74. The summed E-state index contributed by atoms with van der Waals surface area (Å²) in [6, 6.07) is 24.9. The molecule has 4 rings (SSSR count). The smallest absolute Gasteiger partial charge is 0.134 e. The highest BCUT2D eigenvalue weighted by Crippen LogP contribution is 2.20. The average molecular weight is 328 g/mol. The van der Waals surface area contributed by atoms with E-state index in [1.165, 1.54) is 17.7 Å². The fourth-order valence-corrected chi connectivity index (χ4v) is 2.90. The Hall–Kier alpha value is -3.20. The maximum atomic E-state index is 13.1. The number of fused-ring (bicyclic) bond motifs is 1. The van der Waals surface area contributed by atoms with Gasteiger partial charge in [0.15, 0.2) is 0 Å². The van der Waals surface area contributed by atoms with Gasteiger partial charge in [-0.3, -0.25) is 0 Å². The summed E-state index contributed by atoms with van der Waals surface area (Å²) < 4.78 is 15.3. The van der Waals surface area contributed by atoms with E-state index in [-0.39, 0.29) is 5.82 Å². The van der Waals surface area contributed by atoms with Gasteiger partial charge in [0.25, 0.3) is 0 Å². The molecule has 0 saturated carbocycles. The zero-order valence-corrected chi connectivity index (χ0v) is 13.6. The molecule has 4 aromatic rings. The number of aromatic nitrogens is 2. The van der Waals surface area contributed by atoms with Gasteiger partial charge in [0.1, 0.15) is 11.6 Å². The molecular weight excluding hydrogens is 311 g/mol. The number of rotatable bonds is 4. The van der Waals surface area contributed by atoms with E-state index in [0.717, 1.165) is 29.0 Å². The van der Waals surface area contributed by atoms with Crippen LogP contribution in [0.2, 0.25) is 0 Å². The molecule has 0 aliphatic carbocycles. The van der Waals surface area contributed by atoms with Crippen LogP contribution >= 0.6 is 0 Å². The van der Waals surface area contributed by atoms with Crippen molar-refractivity contribution in [1.29, 1.82) is 0 Å². The summed E-state index contributed by atoms with van der Waals surface area (Å²) in [5, 5.41) is 0. The standard InChI is InChI=1S/C22H17FN2/c23-19-13-10-17(11-14-19)12-15-22-24-20-8-4-5-9-21(20)25(22)16-18-6-2-1-3-7-18/h1-15H,16H2. The second-order valence-corrected chi connectivity index (χ2v) is 5.92. The van der Waals surface area contributed by atoms with Gasteiger partial charge in [-0.2, -0.15) is 0 Å². The highest BCUT2D eigenvalue weighted by Gasteiger charge is 2.08. The number of hydrogen-bond acceptors (Lipinski definition) is 1. The summed E-state index contributed by atoms with van der Waals surface area (Å²) in [6.07, 6.45) is 3.94. The van der Waals surface area contributed by atoms with Gasteiger partial charge in [-0.1, -0.05) is 60.7 Å². The maximum absolute atomic E-state index is 13.1. The van der Waals surface area contributed by atoms with Crippen molar-refractivity contribution in [3.05, 3.63) is 102 Å². The van der Waals surface area contributed by atoms with E-state index in [4.69, 9.17) is 4.98 Å². The molecule has 0 aliphatic heterocycles. The van der Waals surface area contributed by atoms with Crippen molar-refractivity contribution in [2.24, 2.45) is 0 Å². The van der Waals surface area contributed by atoms with E-state index < -0.39 is 0 Å². The monoisotopic (exact) mass is 328 g/mol. The lowest BCUT2D eigenvalue weighted by atomic mass is 10.2. The second kappa shape index (κ2) is 6.73. The maximum Gasteiger partial charge on any atom is 0.134 e. The minimum atomic E-state index is -0.228. The van der Waals surface area contributed by atoms with Crippen molar-refractivity contribution in [3.63, 3.8) is 0 Å². The SMILES string of the molecule is Fc1ccc(C=Cc2nc3ccccc3n2Cc2ccccc2)cc1. The molecule has 0 unspecified atom stereocenters. The van der Waals surface area contributed by atoms with Crippen molar-refractivity contribution < 1.29 is 4.39 Å². The average Bonchev–Trinajstić information content (AvgIpc) is 3.00. The molecule has 0 aliphatic rings. The zero-order valence-electron chi connectivity index (χ0n) is 13.6. The van der Waals surface area contributed by atoms with E-state index in [1.54, 1.807) is 12.1 Å². The van der Waals surface area contributed by atoms with Crippen molar-refractivity contribution in [1.82, 2.24) is 9.55 Å². The molecule has 0 bridgehead atoms. The fraction of sp³-hybridized carbons (Fsp3) is 0.0455. The van der Waals surface area contributed by atoms with Gasteiger partial charge in [-0.05, 0) is 41.5 Å². The van der Waals surface area contributed by atoms with Crippen molar-refractivity contribution >= 4 is 23.2 Å². The molecule has 1 aromatic heterocycles. The summed E-state index contributed by atoms with van der Waals surface area (Å²) in [6.45, 7) is 0.754. The van der Waals surface area contributed by atoms with Crippen LogP contribution in [0.5, 0.6) is 0 Å². The van der Waals surface area contributed by atoms with Gasteiger partial charge in [0, 0.05) is 6.54 Å². The largest absolute Gasteiger partial charge is 0.320 e. The summed E-state index contributed by atoms with van der Waals surface area (Å²) in [7, 11) is 0. The van der Waals surface area contributed by atoms with E-state index in [9.17, 15) is 4.39 Å². The lowest BCUT2D eigenvalue weighted by Crippen LogP contribution is -2.01. The van der Waals surface area contributed by atoms with Crippen LogP contribution in [0.4, 0.5) is 4.39 Å². The predicted molar refractivity (Wildman–Crippen MR) is 101 cm³/mol. The van der Waals surface area contributed by atoms with Gasteiger partial charge in [0.05, 0.1) is 11.0 Å². The van der Waals surface area contributed by atoms with E-state index >= 15 is 0 Å². The Morgan fingerprint density at radius 2 is 1.52 bits per heavy atom. The molecule has 0 saturated heterocycles. The Bertz CT molecular complexity index is 1020. The van der Waals surface area contributed by atoms with Crippen LogP contribution in [0.3, 0.4) is 0 Å². The number of nitrogens with zero attached hydrogens (tertiary/aromatic N) is 2. The topological polar surface area (TPSA) is 17.8 Å². The van der Waals surface area contributed by atoms with E-state index in [0.29, 0.717) is 0 Å². The van der Waals surface area contributed by atoms with Crippen molar-refractivity contribution in [3.8, 4) is 0 Å². The molecule has 0 fully saturated rings. The normalized spacial score (nSPS) is 11.4. The Kier molecular flexibility index (Phi) is 4.13. The number of halogens is 1. The lowest BCUT2D eigenvalue weighted by Gasteiger charge is -2.07. The van der Waals surface area contributed by atoms with E-state index in [1.807, 2.05) is 48.6 Å². The van der Waals surface area contributed by atoms with Gasteiger partial charge in [0.2, 0.25) is 0 Å². The van der Waals surface area contributed by atoms with Crippen LogP contribution in [0.1, 0.15) is 17.0 Å². The lowest BCUT2D eigenvalue weighted by molar-refractivity contribution is 0.628. The van der Waals surface area contributed by atoms with Crippen LogP contribution in [-0.4, -0.2) is 9.55 Å². The minimum absolute atomic E-state index is 0.228. The summed E-state index contributed by atoms with van der Waals surface area (Å²) in [5.74, 6) is 0.655. The zero-order chi connectivity index (χ0) is 17.1. The first-order valence-electron chi connectivity index (χ1n) is 8.22. The van der Waals surface area contributed by atoms with Crippen LogP contribution in [0, 0.1) is 5.82 Å². The summed E-state index contributed by atoms with van der Waals surface area (Å²) in [4.78, 5) is 4.74. The molecule has 25 heavy (non-hydrogen) atoms. The molecule has 0 amide bonds. The molecule has 0 spiro atoms. The quantitative estimate of drug-likeness (QED) is 0.491. The number of benzene rings is 3. The first kappa shape index (κ1) is 15.3. The van der Waals surface area contributed by atoms with Crippen LogP contribution in [0.15, 0.2) is 78.9 Å². The Morgan fingerprint density at radius 1 is 0.800 bits per heavy atom. The molecule has 0 N–H and O–H groups in total. The summed E-state index contributed by atoms with van der Waals surface area (Å²) >= 11 is 0. The first-order chi connectivity index (χ1) is 12.3. The molecule has 3 heteroatoms. The molecule has 1 heterocycles. The molecular formula is C22H17FN2. The van der Waals surface area contributed by atoms with Crippen LogP contribution < -0.4 is 0 Å². The number of hydrogen-bond donors (Lipinski definition) is 0. The Morgan fingerprint density at radius 3 is 2.32 bits per heavy atom. The van der Waals surface area contributed by atoms with Crippen molar-refractivity contribution in [2.75, 3.05) is 0 Å². The van der Waals surface area contributed by atoms with Crippen LogP contribution in [0.25, 0.3) is 23.2 Å². The van der Waals surface area contributed by atoms with E-state index in [2.05, 4.69) is 22.8 Å². The van der Waals surface area contributed by atoms with Gasteiger partial charge in [-0.25, -0.2) is 9.37 Å². The fourth-order valence-electron chi connectivity index (χ4n) is 2.90. The molecule has 3 aromatic carbocycles. The minimum Gasteiger partial charge on any atom is -0.320 e. The number of para-hydroxylation sites is 2. The van der Waals surface area contributed by atoms with Gasteiger partial charge in [-0.15, -0.1) is 0 Å². The highest BCUT2D eigenvalue weighted by molar-refractivity contribution is 5.80. The third-order valence-corrected chi connectivity index (χ3v) is 4.16. The Labute approximate surface area is 145 Å². The second-order valence-electron chi connectivity index (χ2n) is 5.92.